The zero-order chi connectivity index (χ0) is 24.5. The third-order valence-corrected chi connectivity index (χ3v) is 8.48. The predicted octanol–water partition coefficient (Wildman–Crippen LogP) is 5.43. The number of nitrogens with zero attached hydrogens (tertiary/aromatic N) is 1. The highest BCUT2D eigenvalue weighted by atomic mass is 79.9. The van der Waals surface area contributed by atoms with Crippen LogP contribution < -0.4 is 5.32 Å². The molecular formula is C25H22BrClN2O4S. The molecule has 1 atom stereocenters. The number of anilines is 1. The van der Waals surface area contributed by atoms with Crippen LogP contribution in [0, 0.1) is 6.92 Å². The third-order valence-electron chi connectivity index (χ3n) is 5.74. The van der Waals surface area contributed by atoms with Gasteiger partial charge in [0.25, 0.3) is 0 Å². The van der Waals surface area contributed by atoms with E-state index in [4.69, 9.17) is 11.6 Å². The zero-order valence-corrected chi connectivity index (χ0v) is 21.5. The van der Waals surface area contributed by atoms with Gasteiger partial charge in [-0.3, -0.25) is 9.59 Å². The predicted molar refractivity (Wildman–Crippen MR) is 136 cm³/mol. The SMILES string of the molecule is Cc1ccc(S(=O)(=O)N2CCCC2C(=O)Nc2ccc(Br)cc2C(=O)c2ccccc2Cl)cc1. The number of rotatable bonds is 6. The van der Waals surface area contributed by atoms with Gasteiger partial charge < -0.3 is 5.32 Å². The Kier molecular flexibility index (Phi) is 7.23. The summed E-state index contributed by atoms with van der Waals surface area (Å²) in [5.41, 5.74) is 1.79. The minimum Gasteiger partial charge on any atom is -0.324 e. The number of carbonyl (C=O) groups excluding carboxylic acids is 2. The molecule has 0 saturated carbocycles. The molecule has 3 aromatic carbocycles. The molecule has 0 aliphatic carbocycles. The lowest BCUT2D eigenvalue weighted by Crippen LogP contribution is -2.43. The van der Waals surface area contributed by atoms with Gasteiger partial charge in [0.05, 0.1) is 15.6 Å². The quantitative estimate of drug-likeness (QED) is 0.407. The second-order valence-corrected chi connectivity index (χ2v) is 11.3. The lowest BCUT2D eigenvalue weighted by Gasteiger charge is -2.24. The topological polar surface area (TPSA) is 83.6 Å². The van der Waals surface area contributed by atoms with Crippen molar-refractivity contribution in [2.75, 3.05) is 11.9 Å². The Morgan fingerprint density at radius 1 is 1.03 bits per heavy atom. The Morgan fingerprint density at radius 2 is 1.74 bits per heavy atom. The normalized spacial score (nSPS) is 16.4. The number of carbonyl (C=O) groups is 2. The number of nitrogens with one attached hydrogen (secondary N) is 1. The summed E-state index contributed by atoms with van der Waals surface area (Å²) >= 11 is 9.58. The Balaban J connectivity index is 1.62. The molecule has 176 valence electrons. The maximum atomic E-state index is 13.3. The molecule has 1 amide bonds. The highest BCUT2D eigenvalue weighted by Gasteiger charge is 2.39. The second-order valence-electron chi connectivity index (χ2n) is 8.07. The van der Waals surface area contributed by atoms with Crippen molar-refractivity contribution in [3.63, 3.8) is 0 Å². The fourth-order valence-electron chi connectivity index (χ4n) is 3.96. The monoisotopic (exact) mass is 560 g/mol. The van der Waals surface area contributed by atoms with Crippen molar-refractivity contribution in [2.45, 2.75) is 30.7 Å². The fraction of sp³-hybridized carbons (Fsp3) is 0.200. The molecule has 0 spiro atoms. The zero-order valence-electron chi connectivity index (χ0n) is 18.3. The first kappa shape index (κ1) is 24.6. The van der Waals surface area contributed by atoms with E-state index in [-0.39, 0.29) is 28.5 Å². The summed E-state index contributed by atoms with van der Waals surface area (Å²) in [6.07, 6.45) is 0.955. The molecule has 3 aromatic rings. The molecule has 0 aromatic heterocycles. The first-order valence-electron chi connectivity index (χ1n) is 10.7. The van der Waals surface area contributed by atoms with Crippen molar-refractivity contribution in [1.29, 1.82) is 0 Å². The van der Waals surface area contributed by atoms with Crippen molar-refractivity contribution >= 4 is 54.9 Å². The average molecular weight is 562 g/mol. The average Bonchev–Trinajstić information content (AvgIpc) is 3.32. The van der Waals surface area contributed by atoms with E-state index in [1.807, 2.05) is 6.92 Å². The molecule has 9 heteroatoms. The minimum absolute atomic E-state index is 0.149. The third kappa shape index (κ3) is 4.95. The number of amides is 1. The number of aryl methyl sites for hydroxylation is 1. The number of sulfonamides is 1. The second kappa shape index (κ2) is 10.00. The summed E-state index contributed by atoms with van der Waals surface area (Å²) in [5, 5.41) is 3.08. The molecule has 1 fully saturated rings. The van der Waals surface area contributed by atoms with Crippen LogP contribution in [0.2, 0.25) is 5.02 Å². The van der Waals surface area contributed by atoms with Gasteiger partial charge in [0.15, 0.2) is 5.78 Å². The van der Waals surface area contributed by atoms with Crippen LogP contribution in [-0.2, 0) is 14.8 Å². The minimum atomic E-state index is -3.84. The van der Waals surface area contributed by atoms with E-state index in [9.17, 15) is 18.0 Å². The van der Waals surface area contributed by atoms with Crippen LogP contribution in [0.4, 0.5) is 5.69 Å². The van der Waals surface area contributed by atoms with Gasteiger partial charge in [-0.2, -0.15) is 4.31 Å². The molecule has 0 radical (unpaired) electrons. The molecule has 0 bridgehead atoms. The van der Waals surface area contributed by atoms with E-state index in [0.29, 0.717) is 27.9 Å². The Morgan fingerprint density at radius 3 is 2.44 bits per heavy atom. The fourth-order valence-corrected chi connectivity index (χ4v) is 6.19. The molecule has 1 aliphatic rings. The molecule has 34 heavy (non-hydrogen) atoms. The molecule has 1 saturated heterocycles. The number of benzene rings is 3. The van der Waals surface area contributed by atoms with Crippen LogP contribution in [0.3, 0.4) is 0 Å². The van der Waals surface area contributed by atoms with Gasteiger partial charge >= 0.3 is 0 Å². The molecule has 6 nitrogen and oxygen atoms in total. The van der Waals surface area contributed by atoms with Gasteiger partial charge in [-0.15, -0.1) is 0 Å². The number of ketones is 1. The maximum absolute atomic E-state index is 13.3. The van der Waals surface area contributed by atoms with Crippen LogP contribution in [0.25, 0.3) is 0 Å². The summed E-state index contributed by atoms with van der Waals surface area (Å²) in [7, 11) is -3.84. The molecule has 1 heterocycles. The van der Waals surface area contributed by atoms with E-state index in [0.717, 1.165) is 5.56 Å². The summed E-state index contributed by atoms with van der Waals surface area (Å²) in [4.78, 5) is 26.6. The van der Waals surface area contributed by atoms with Crippen molar-refractivity contribution in [2.24, 2.45) is 0 Å². The van der Waals surface area contributed by atoms with E-state index < -0.39 is 22.0 Å². The van der Waals surface area contributed by atoms with Crippen LogP contribution in [0.5, 0.6) is 0 Å². The van der Waals surface area contributed by atoms with E-state index >= 15 is 0 Å². The highest BCUT2D eigenvalue weighted by Crippen LogP contribution is 2.30. The summed E-state index contributed by atoms with van der Waals surface area (Å²) in [6.45, 7) is 2.13. The van der Waals surface area contributed by atoms with Gasteiger partial charge in [0.2, 0.25) is 15.9 Å². The van der Waals surface area contributed by atoms with Crippen LogP contribution in [0.15, 0.2) is 76.1 Å². The van der Waals surface area contributed by atoms with Crippen LogP contribution >= 0.6 is 27.5 Å². The Bertz CT molecular complexity index is 1360. The van der Waals surface area contributed by atoms with Crippen molar-refractivity contribution < 1.29 is 18.0 Å². The number of hydrogen-bond acceptors (Lipinski definition) is 4. The number of halogens is 2. The number of hydrogen-bond donors (Lipinski definition) is 1. The van der Waals surface area contributed by atoms with Crippen LogP contribution in [-0.4, -0.2) is 37.0 Å². The van der Waals surface area contributed by atoms with Gasteiger partial charge in [-0.25, -0.2) is 8.42 Å². The van der Waals surface area contributed by atoms with Gasteiger partial charge in [-0.05, 0) is 62.2 Å². The molecule has 4 rings (SSSR count). The summed E-state index contributed by atoms with van der Waals surface area (Å²) < 4.78 is 28.3. The van der Waals surface area contributed by atoms with E-state index in [1.165, 1.54) is 4.31 Å². The first-order valence-corrected chi connectivity index (χ1v) is 13.3. The van der Waals surface area contributed by atoms with Crippen molar-refractivity contribution in [1.82, 2.24) is 4.31 Å². The molecule has 1 unspecified atom stereocenters. The standard InChI is InChI=1S/C25H22BrClN2O4S/c1-16-8-11-18(12-9-16)34(32,33)29-14-4-7-23(29)25(31)28-22-13-10-17(26)15-20(22)24(30)19-5-2-3-6-21(19)27/h2-3,5-6,8-13,15,23H,4,7,14H2,1H3,(H,28,31). The van der Waals surface area contributed by atoms with Crippen molar-refractivity contribution in [3.05, 3.63) is 92.9 Å². The molecular weight excluding hydrogens is 540 g/mol. The van der Waals surface area contributed by atoms with E-state index in [2.05, 4.69) is 21.2 Å². The van der Waals surface area contributed by atoms with Gasteiger partial charge in [0.1, 0.15) is 6.04 Å². The Hall–Kier alpha value is -2.52. The maximum Gasteiger partial charge on any atom is 0.243 e. The van der Waals surface area contributed by atoms with Crippen LogP contribution in [0.1, 0.15) is 34.3 Å². The first-order chi connectivity index (χ1) is 16.2. The molecule has 1 N–H and O–H groups in total. The summed E-state index contributed by atoms with van der Waals surface area (Å²) in [5.74, 6) is -0.832. The Labute approximate surface area is 212 Å². The van der Waals surface area contributed by atoms with Crippen molar-refractivity contribution in [3.8, 4) is 0 Å². The lowest BCUT2D eigenvalue weighted by molar-refractivity contribution is -0.119. The van der Waals surface area contributed by atoms with Gasteiger partial charge in [0, 0.05) is 22.1 Å². The molecule has 1 aliphatic heterocycles. The smallest absolute Gasteiger partial charge is 0.243 e. The summed E-state index contributed by atoms with van der Waals surface area (Å²) in [6, 6.07) is 17.3. The largest absolute Gasteiger partial charge is 0.324 e. The lowest BCUT2D eigenvalue weighted by atomic mass is 10.0. The van der Waals surface area contributed by atoms with E-state index in [1.54, 1.807) is 66.7 Å². The van der Waals surface area contributed by atoms with Gasteiger partial charge in [-0.1, -0.05) is 57.4 Å². The highest BCUT2D eigenvalue weighted by molar-refractivity contribution is 9.10.